The van der Waals surface area contributed by atoms with E-state index in [2.05, 4.69) is 15.0 Å². The lowest BCUT2D eigenvalue weighted by Crippen LogP contribution is -1.86. The lowest BCUT2D eigenvalue weighted by molar-refractivity contribution is 1.12. The molecule has 3 aromatic heterocycles. The first kappa shape index (κ1) is 6.54. The zero-order valence-electron chi connectivity index (χ0n) is 6.75. The molecule has 4 nitrogen and oxygen atoms in total. The summed E-state index contributed by atoms with van der Waals surface area (Å²) in [5.74, 6) is 0. The Bertz CT molecular complexity index is 519. The highest BCUT2D eigenvalue weighted by atomic mass is 15.0. The highest BCUT2D eigenvalue weighted by molar-refractivity contribution is 5.82. The molecule has 0 atom stereocenters. The minimum absolute atomic E-state index is 0.924. The fourth-order valence-electron chi connectivity index (χ4n) is 1.47. The lowest BCUT2D eigenvalue weighted by Gasteiger charge is -1.92. The molecule has 0 amide bonds. The van der Waals surface area contributed by atoms with Crippen LogP contribution in [-0.2, 0) is 0 Å². The van der Waals surface area contributed by atoms with Gasteiger partial charge in [0.15, 0.2) is 0 Å². The van der Waals surface area contributed by atoms with Crippen LogP contribution in [0.15, 0.2) is 37.2 Å². The van der Waals surface area contributed by atoms with Gasteiger partial charge >= 0.3 is 0 Å². The summed E-state index contributed by atoms with van der Waals surface area (Å²) in [6.45, 7) is 0. The predicted octanol–water partition coefficient (Wildman–Crippen LogP) is 1.28. The van der Waals surface area contributed by atoms with Gasteiger partial charge in [-0.3, -0.25) is 9.38 Å². The van der Waals surface area contributed by atoms with Crippen molar-refractivity contribution in [2.75, 3.05) is 0 Å². The molecule has 3 aromatic rings. The van der Waals surface area contributed by atoms with Crippen LogP contribution in [0.3, 0.4) is 0 Å². The average molecular weight is 170 g/mol. The summed E-state index contributed by atoms with van der Waals surface area (Å²) in [5.41, 5.74) is 1.96. The highest BCUT2D eigenvalue weighted by Crippen LogP contribution is 2.15. The van der Waals surface area contributed by atoms with Crippen molar-refractivity contribution in [1.82, 2.24) is 19.4 Å². The van der Waals surface area contributed by atoms with Gasteiger partial charge in [-0.25, -0.2) is 9.97 Å². The fourth-order valence-corrected chi connectivity index (χ4v) is 1.47. The van der Waals surface area contributed by atoms with Gasteiger partial charge in [0, 0.05) is 24.0 Å². The normalized spacial score (nSPS) is 11.1. The quantitative estimate of drug-likeness (QED) is 0.510. The zero-order chi connectivity index (χ0) is 8.67. The Morgan fingerprint density at radius 3 is 3.15 bits per heavy atom. The molecule has 4 heteroatoms. The molecule has 0 aliphatic heterocycles. The maximum atomic E-state index is 4.19. The summed E-state index contributed by atoms with van der Waals surface area (Å²) in [6.07, 6.45) is 8.80. The first-order chi connectivity index (χ1) is 6.45. The van der Waals surface area contributed by atoms with Gasteiger partial charge in [0.2, 0.25) is 0 Å². The molecule has 13 heavy (non-hydrogen) atoms. The van der Waals surface area contributed by atoms with Crippen LogP contribution in [0, 0.1) is 0 Å². The molecule has 3 heterocycles. The van der Waals surface area contributed by atoms with Gasteiger partial charge in [-0.15, -0.1) is 0 Å². The van der Waals surface area contributed by atoms with Crippen molar-refractivity contribution in [3.05, 3.63) is 37.2 Å². The second kappa shape index (κ2) is 2.26. The van der Waals surface area contributed by atoms with E-state index in [-0.39, 0.29) is 0 Å². The molecule has 0 saturated carbocycles. The van der Waals surface area contributed by atoms with E-state index in [1.807, 2.05) is 22.9 Å². The van der Waals surface area contributed by atoms with Crippen LogP contribution in [0.4, 0.5) is 0 Å². The molecule has 0 fully saturated rings. The molecule has 3 rings (SSSR count). The van der Waals surface area contributed by atoms with E-state index in [1.54, 1.807) is 18.7 Å². The first-order valence-corrected chi connectivity index (χ1v) is 3.96. The number of fused-ring (bicyclic) bond motifs is 3. The molecule has 0 saturated heterocycles. The molecule has 0 aliphatic carbocycles. The van der Waals surface area contributed by atoms with Gasteiger partial charge < -0.3 is 0 Å². The molecule has 0 spiro atoms. The second-order valence-electron chi connectivity index (χ2n) is 2.82. The molecule has 0 aromatic carbocycles. The van der Waals surface area contributed by atoms with Crippen LogP contribution in [0.1, 0.15) is 0 Å². The number of nitrogens with zero attached hydrogens (tertiary/aromatic N) is 4. The van der Waals surface area contributed by atoms with Crippen LogP contribution >= 0.6 is 0 Å². The van der Waals surface area contributed by atoms with Crippen molar-refractivity contribution in [3.8, 4) is 0 Å². The van der Waals surface area contributed by atoms with Gasteiger partial charge in [0.25, 0.3) is 0 Å². The number of aromatic nitrogens is 4. The maximum Gasteiger partial charge on any atom is 0.147 e. The Balaban J connectivity index is 2.64. The number of rotatable bonds is 0. The Kier molecular flexibility index (Phi) is 1.14. The van der Waals surface area contributed by atoms with E-state index in [4.69, 9.17) is 0 Å². The molecule has 0 aliphatic rings. The molecule has 0 bridgehead atoms. The van der Waals surface area contributed by atoms with Crippen LogP contribution in [0.2, 0.25) is 0 Å². The van der Waals surface area contributed by atoms with E-state index >= 15 is 0 Å². The van der Waals surface area contributed by atoms with Crippen molar-refractivity contribution in [1.29, 1.82) is 0 Å². The largest absolute Gasteiger partial charge is 0.298 e. The Labute approximate surface area is 73.9 Å². The summed E-state index contributed by atoms with van der Waals surface area (Å²) in [6, 6.07) is 2.02. The van der Waals surface area contributed by atoms with Crippen molar-refractivity contribution < 1.29 is 0 Å². The van der Waals surface area contributed by atoms with Gasteiger partial charge in [-0.2, -0.15) is 0 Å². The lowest BCUT2D eigenvalue weighted by atomic mass is 10.4. The third-order valence-electron chi connectivity index (χ3n) is 2.04. The fraction of sp³-hybridized carbons (Fsp3) is 0. The maximum absolute atomic E-state index is 4.19. The zero-order valence-corrected chi connectivity index (χ0v) is 6.75. The van der Waals surface area contributed by atoms with Crippen LogP contribution in [0.5, 0.6) is 0 Å². The first-order valence-electron chi connectivity index (χ1n) is 3.96. The molecule has 62 valence electrons. The van der Waals surface area contributed by atoms with Crippen molar-refractivity contribution in [3.63, 3.8) is 0 Å². The third kappa shape index (κ3) is 0.823. The summed E-state index contributed by atoms with van der Waals surface area (Å²) >= 11 is 0. The highest BCUT2D eigenvalue weighted by Gasteiger charge is 2.01. The molecular weight excluding hydrogens is 164 g/mol. The van der Waals surface area contributed by atoms with E-state index in [0.29, 0.717) is 0 Å². The summed E-state index contributed by atoms with van der Waals surface area (Å²) < 4.78 is 1.99. The minimum Gasteiger partial charge on any atom is -0.298 e. The van der Waals surface area contributed by atoms with E-state index in [9.17, 15) is 0 Å². The minimum atomic E-state index is 0.924. The summed E-state index contributed by atoms with van der Waals surface area (Å²) in [7, 11) is 0. The van der Waals surface area contributed by atoms with Crippen molar-refractivity contribution in [2.45, 2.75) is 0 Å². The molecule has 0 radical (unpaired) electrons. The van der Waals surface area contributed by atoms with Gasteiger partial charge in [-0.1, -0.05) is 0 Å². The average Bonchev–Trinajstić information content (AvgIpc) is 2.56. The van der Waals surface area contributed by atoms with E-state index < -0.39 is 0 Å². The monoisotopic (exact) mass is 170 g/mol. The van der Waals surface area contributed by atoms with E-state index in [1.165, 1.54) is 0 Å². The van der Waals surface area contributed by atoms with Gasteiger partial charge in [0.05, 0.1) is 11.7 Å². The van der Waals surface area contributed by atoms with E-state index in [0.717, 1.165) is 16.6 Å². The standard InChI is InChI=1S/C9H6N4/c1-2-13-8(5-10-1)3-7-4-11-6-12-9(7)13/h1-6H. The Hall–Kier alpha value is -1.97. The van der Waals surface area contributed by atoms with Crippen LogP contribution in [0.25, 0.3) is 16.6 Å². The summed E-state index contributed by atoms with van der Waals surface area (Å²) in [5, 5.41) is 1.04. The van der Waals surface area contributed by atoms with Crippen LogP contribution < -0.4 is 0 Å². The third-order valence-corrected chi connectivity index (χ3v) is 2.04. The molecule has 0 unspecified atom stereocenters. The van der Waals surface area contributed by atoms with Crippen LogP contribution in [-0.4, -0.2) is 19.4 Å². The smallest absolute Gasteiger partial charge is 0.147 e. The van der Waals surface area contributed by atoms with Crippen molar-refractivity contribution in [2.24, 2.45) is 0 Å². The Morgan fingerprint density at radius 2 is 2.15 bits per heavy atom. The molecule has 0 N–H and O–H groups in total. The SMILES string of the molecule is c1cn2c(cn1)cc1cncnc12. The van der Waals surface area contributed by atoms with Gasteiger partial charge in [-0.05, 0) is 6.07 Å². The van der Waals surface area contributed by atoms with Crippen molar-refractivity contribution >= 4 is 16.6 Å². The number of hydrogen-bond acceptors (Lipinski definition) is 3. The summed E-state index contributed by atoms with van der Waals surface area (Å²) in [4.78, 5) is 12.2. The molecular formula is C9H6N4. The van der Waals surface area contributed by atoms with Gasteiger partial charge in [0.1, 0.15) is 12.0 Å². The Morgan fingerprint density at radius 1 is 1.15 bits per heavy atom. The second-order valence-corrected chi connectivity index (χ2v) is 2.82. The number of hydrogen-bond donors (Lipinski definition) is 0. The predicted molar refractivity (Wildman–Crippen MR) is 48.3 cm³/mol. The topological polar surface area (TPSA) is 43.1 Å².